The Hall–Kier alpha value is 1.85. The summed E-state index contributed by atoms with van der Waals surface area (Å²) in [6.45, 7) is 9.92. The molecule has 0 atom stereocenters. The zero-order valence-corrected chi connectivity index (χ0v) is 22.9. The van der Waals surface area contributed by atoms with E-state index in [0.29, 0.717) is 0 Å². The highest BCUT2D eigenvalue weighted by Crippen LogP contribution is 2.31. The lowest BCUT2D eigenvalue weighted by molar-refractivity contribution is 1.02. The number of anilines is 1. The first-order valence-electron chi connectivity index (χ1n) is 10.3. The molecule has 1 aromatic rings. The van der Waals surface area contributed by atoms with Crippen LogP contribution in [0.25, 0.3) is 0 Å². The molecule has 7 heteroatoms. The van der Waals surface area contributed by atoms with Crippen LogP contribution >= 0.6 is 17.0 Å². The average Bonchev–Trinajstić information content (AvgIpc) is 2.70. The third-order valence-electron chi connectivity index (χ3n) is 5.37. The van der Waals surface area contributed by atoms with E-state index in [4.69, 9.17) is 0 Å². The summed E-state index contributed by atoms with van der Waals surface area (Å²) in [5, 5.41) is 12.1. The molecule has 0 aromatic heterocycles. The summed E-state index contributed by atoms with van der Waals surface area (Å²) in [6, 6.07) is 11.4. The molecule has 25 heavy (non-hydrogen) atoms. The van der Waals surface area contributed by atoms with Crippen molar-refractivity contribution >= 4 is 74.7 Å². The molecule has 0 unspecified atom stereocenters. The number of hydrogen-bond acceptors (Lipinski definition) is 3. The molecule has 0 spiro atoms. The molecule has 1 heterocycles. The summed E-state index contributed by atoms with van der Waals surface area (Å²) < 4.78 is 0. The van der Waals surface area contributed by atoms with Gasteiger partial charge in [0.25, 0.3) is 0 Å². The molecule has 1 aliphatic heterocycles. The predicted molar refractivity (Wildman–Crippen MR) is 128 cm³/mol. The monoisotopic (exact) mass is 435 g/mol. The molecule has 0 N–H and O–H groups in total. The largest absolute Gasteiger partial charge is 0.396 e. The summed E-state index contributed by atoms with van der Waals surface area (Å²) in [5.74, 6) is 0. The SMILES string of the molecule is C[CH2][Al]1[CH2][CH2][Al]([CH2]C)[S][Al]([CH2]C)[CH2]N(c2ccccc2)[CH2][Al]([CH2]C)[S]1. The van der Waals surface area contributed by atoms with E-state index in [0.717, 1.165) is 0 Å². The first-order chi connectivity index (χ1) is 12.2. The summed E-state index contributed by atoms with van der Waals surface area (Å²) >= 11 is -2.45. The molecule has 1 aliphatic rings. The normalized spacial score (nSPS) is 17.7. The van der Waals surface area contributed by atoms with Gasteiger partial charge in [-0.2, -0.15) is 0 Å². The van der Waals surface area contributed by atoms with Crippen molar-refractivity contribution in [1.29, 1.82) is 0 Å². The van der Waals surface area contributed by atoms with Crippen LogP contribution in [0.15, 0.2) is 30.3 Å². The van der Waals surface area contributed by atoms with Crippen molar-refractivity contribution in [3.05, 3.63) is 30.3 Å². The maximum Gasteiger partial charge on any atom is 0.348 e. The van der Waals surface area contributed by atoms with Gasteiger partial charge in [-0.1, -0.05) is 77.6 Å². The summed E-state index contributed by atoms with van der Waals surface area (Å²) in [5.41, 5.74) is 1.50. The fourth-order valence-electron chi connectivity index (χ4n) is 3.61. The lowest BCUT2D eigenvalue weighted by atomic mass is 10.3. The van der Waals surface area contributed by atoms with Crippen LogP contribution in [0.5, 0.6) is 0 Å². The summed E-state index contributed by atoms with van der Waals surface area (Å²) in [6.07, 6.45) is 0. The predicted octanol–water partition coefficient (Wildman–Crippen LogP) is 6.10. The minimum Gasteiger partial charge on any atom is -0.396 e. The quantitative estimate of drug-likeness (QED) is 0.515. The molecule has 0 aliphatic carbocycles. The summed E-state index contributed by atoms with van der Waals surface area (Å²) in [4.78, 5) is 2.84. The topological polar surface area (TPSA) is 3.24 Å². The highest BCUT2D eigenvalue weighted by atomic mass is 32.4. The molecule has 1 saturated heterocycles. The molecule has 0 bridgehead atoms. The Morgan fingerprint density at radius 3 is 1.56 bits per heavy atom. The molecule has 2 rings (SSSR count). The third kappa shape index (κ3) is 8.01. The van der Waals surface area contributed by atoms with Crippen LogP contribution in [0.3, 0.4) is 0 Å². The third-order valence-corrected chi connectivity index (χ3v) is 39.7. The minimum absolute atomic E-state index is 0.538. The standard InChI is InChI=1S/C8H9N.4C2H5.C2H4.4Al.2S/c1-9(2)8-6-4-3-5-7-8;5*1-2;;;;;;/h3-7H,1-2H2;4*1H2,2H3;1-2H2;;;;;;. The second kappa shape index (κ2) is 13.1. The number of rotatable bonds is 5. The van der Waals surface area contributed by atoms with Crippen molar-refractivity contribution in [2.24, 2.45) is 0 Å². The zero-order valence-electron chi connectivity index (χ0n) is 16.6. The number of nitrogens with zero attached hydrogens (tertiary/aromatic N) is 1. The minimum atomic E-state index is -0.686. The van der Waals surface area contributed by atoms with Crippen molar-refractivity contribution < 1.29 is 0 Å². The van der Waals surface area contributed by atoms with Crippen molar-refractivity contribution in [3.8, 4) is 0 Å². The van der Waals surface area contributed by atoms with Crippen molar-refractivity contribution in [2.45, 2.75) is 59.4 Å². The zero-order chi connectivity index (χ0) is 18.1. The van der Waals surface area contributed by atoms with Crippen LogP contribution in [0.2, 0.25) is 31.7 Å². The highest BCUT2D eigenvalue weighted by molar-refractivity contribution is 8.46. The lowest BCUT2D eigenvalue weighted by Gasteiger charge is -2.30. The van der Waals surface area contributed by atoms with E-state index in [1.807, 2.05) is 0 Å². The molecule has 1 fully saturated rings. The number of benzene rings is 1. The van der Waals surface area contributed by atoms with Crippen LogP contribution in [0.4, 0.5) is 5.69 Å². The van der Waals surface area contributed by atoms with E-state index in [2.05, 4.69) is 79.9 Å². The molecule has 134 valence electrons. The van der Waals surface area contributed by atoms with Gasteiger partial charge in [0.15, 0.2) is 0 Å². The van der Waals surface area contributed by atoms with E-state index < -0.39 is 52.1 Å². The van der Waals surface area contributed by atoms with Crippen LogP contribution in [0, 0.1) is 0 Å². The van der Waals surface area contributed by atoms with Crippen LogP contribution in [0.1, 0.15) is 27.7 Å². The second-order valence-electron chi connectivity index (χ2n) is 7.21. The molecule has 1 aromatic carbocycles. The first kappa shape index (κ1) is 23.1. The van der Waals surface area contributed by atoms with Gasteiger partial charge >= 0.3 is 52.1 Å². The highest BCUT2D eigenvalue weighted by Gasteiger charge is 2.33. The van der Waals surface area contributed by atoms with Gasteiger partial charge in [0.05, 0.1) is 0 Å². The van der Waals surface area contributed by atoms with Gasteiger partial charge in [-0.15, -0.1) is 0 Å². The van der Waals surface area contributed by atoms with E-state index in [1.165, 1.54) is 37.6 Å². The first-order valence-corrected chi connectivity index (χ1v) is 24.4. The Balaban J connectivity index is 2.24. The van der Waals surface area contributed by atoms with E-state index >= 15 is 0 Å². The molecular formula is C18H33Al4NS2. The summed E-state index contributed by atoms with van der Waals surface area (Å²) in [7, 11) is 5.16. The molecule has 0 radical (unpaired) electrons. The molecule has 0 saturated carbocycles. The average molecular weight is 436 g/mol. The van der Waals surface area contributed by atoms with Crippen LogP contribution in [-0.2, 0) is 0 Å². The van der Waals surface area contributed by atoms with Gasteiger partial charge in [-0.3, -0.25) is 0 Å². The van der Waals surface area contributed by atoms with Crippen molar-refractivity contribution in [2.75, 3.05) is 15.7 Å². The van der Waals surface area contributed by atoms with Gasteiger partial charge in [0.2, 0.25) is 0 Å². The Kier molecular flexibility index (Phi) is 12.2. The Labute approximate surface area is 178 Å². The van der Waals surface area contributed by atoms with Crippen LogP contribution < -0.4 is 4.90 Å². The van der Waals surface area contributed by atoms with E-state index in [1.54, 1.807) is 10.6 Å². The smallest absolute Gasteiger partial charge is 0.348 e. The molecule has 1 nitrogen and oxygen atoms in total. The van der Waals surface area contributed by atoms with Crippen molar-refractivity contribution in [3.63, 3.8) is 0 Å². The van der Waals surface area contributed by atoms with Gasteiger partial charge < -0.3 is 21.9 Å². The van der Waals surface area contributed by atoms with Crippen molar-refractivity contribution in [1.82, 2.24) is 0 Å². The van der Waals surface area contributed by atoms with Gasteiger partial charge in [0.1, 0.15) is 0 Å². The van der Waals surface area contributed by atoms with Crippen LogP contribution in [-0.4, -0.2) is 62.9 Å². The molecule has 0 amide bonds. The fraction of sp³-hybridized carbons (Fsp3) is 0.667. The van der Waals surface area contributed by atoms with E-state index in [9.17, 15) is 0 Å². The molecular weight excluding hydrogens is 402 g/mol. The van der Waals surface area contributed by atoms with Gasteiger partial charge in [0, 0.05) is 5.69 Å². The Morgan fingerprint density at radius 1 is 0.720 bits per heavy atom. The lowest BCUT2D eigenvalue weighted by Crippen LogP contribution is -2.40. The number of hydrogen-bond donors (Lipinski definition) is 0. The number of para-hydroxylation sites is 1. The fourth-order valence-corrected chi connectivity index (χ4v) is 43.4. The van der Waals surface area contributed by atoms with E-state index in [-0.39, 0.29) is 0 Å². The maximum atomic E-state index is 2.84. The van der Waals surface area contributed by atoms with Gasteiger partial charge in [-0.05, 0) is 22.9 Å². The second-order valence-corrected chi connectivity index (χ2v) is 32.4. The maximum absolute atomic E-state index is 2.84. The Bertz CT molecular complexity index is 455. The van der Waals surface area contributed by atoms with Gasteiger partial charge in [-0.25, -0.2) is 0 Å². The Morgan fingerprint density at radius 2 is 1.16 bits per heavy atom.